The third kappa shape index (κ3) is 3.33. The molecule has 0 aliphatic heterocycles. The minimum absolute atomic E-state index is 0.405. The summed E-state index contributed by atoms with van der Waals surface area (Å²) in [6, 6.07) is 4.58. The molecule has 0 unspecified atom stereocenters. The fourth-order valence-corrected chi connectivity index (χ4v) is 3.18. The summed E-state index contributed by atoms with van der Waals surface area (Å²) in [5.74, 6) is -0.115. The Hall–Kier alpha value is -0.960. The van der Waals surface area contributed by atoms with Crippen molar-refractivity contribution in [3.05, 3.63) is 35.4 Å². The maximum absolute atomic E-state index is 13.7. The van der Waals surface area contributed by atoms with E-state index in [0.717, 1.165) is 18.5 Å². The van der Waals surface area contributed by atoms with Gasteiger partial charge in [-0.15, -0.1) is 0 Å². The molecule has 1 aromatic carbocycles. The Morgan fingerprint density at radius 3 is 2.42 bits per heavy atom. The Morgan fingerprint density at radius 1 is 1.05 bits per heavy atom. The summed E-state index contributed by atoms with van der Waals surface area (Å²) in [6.45, 7) is 1.72. The van der Waals surface area contributed by atoms with Crippen LogP contribution in [0, 0.1) is 17.6 Å². The summed E-state index contributed by atoms with van der Waals surface area (Å²) in [5, 5.41) is 0. The van der Waals surface area contributed by atoms with Gasteiger partial charge in [0.15, 0.2) is 0 Å². The molecule has 0 aromatic heterocycles. The molecule has 2 saturated carbocycles. The van der Waals surface area contributed by atoms with Crippen molar-refractivity contribution in [3.8, 4) is 0 Å². The molecular weight excluding hydrogens is 244 g/mol. The molecule has 2 aliphatic carbocycles. The predicted octanol–water partition coefficient (Wildman–Crippen LogP) is 4.12. The number of halogens is 2. The number of nitrogens with zero attached hydrogens (tertiary/aromatic N) is 1. The highest BCUT2D eigenvalue weighted by Gasteiger charge is 2.31. The maximum Gasteiger partial charge on any atom is 0.130 e. The van der Waals surface area contributed by atoms with Crippen LogP contribution in [0.5, 0.6) is 0 Å². The van der Waals surface area contributed by atoms with Gasteiger partial charge in [0.25, 0.3) is 0 Å². The Balaban J connectivity index is 1.66. The monoisotopic (exact) mass is 265 g/mol. The second kappa shape index (κ2) is 5.58. The highest BCUT2D eigenvalue weighted by Crippen LogP contribution is 2.33. The molecular formula is C16H21F2N. The Bertz CT molecular complexity index is 436. The fourth-order valence-electron chi connectivity index (χ4n) is 3.18. The topological polar surface area (TPSA) is 3.24 Å². The van der Waals surface area contributed by atoms with E-state index in [4.69, 9.17) is 0 Å². The lowest BCUT2D eigenvalue weighted by Gasteiger charge is -2.25. The third-order valence-corrected chi connectivity index (χ3v) is 4.42. The van der Waals surface area contributed by atoms with Crippen LogP contribution < -0.4 is 0 Å². The number of hydrogen-bond donors (Lipinski definition) is 0. The van der Waals surface area contributed by atoms with Crippen molar-refractivity contribution in [1.82, 2.24) is 4.90 Å². The Morgan fingerprint density at radius 2 is 1.79 bits per heavy atom. The van der Waals surface area contributed by atoms with Crippen LogP contribution in [0.1, 0.15) is 44.1 Å². The summed E-state index contributed by atoms with van der Waals surface area (Å²) in [4.78, 5) is 2.41. The largest absolute Gasteiger partial charge is 0.296 e. The van der Waals surface area contributed by atoms with E-state index in [2.05, 4.69) is 4.90 Å². The van der Waals surface area contributed by atoms with Crippen molar-refractivity contribution in [3.63, 3.8) is 0 Å². The zero-order valence-electron chi connectivity index (χ0n) is 11.2. The second-order valence-electron chi connectivity index (χ2n) is 6.05. The summed E-state index contributed by atoms with van der Waals surface area (Å²) in [5.41, 5.74) is 0.631. The molecule has 1 aromatic rings. The molecule has 0 saturated heterocycles. The van der Waals surface area contributed by atoms with Crippen molar-refractivity contribution in [1.29, 1.82) is 0 Å². The molecule has 0 N–H and O–H groups in total. The fraction of sp³-hybridized carbons (Fsp3) is 0.625. The summed E-state index contributed by atoms with van der Waals surface area (Å²) >= 11 is 0. The highest BCUT2D eigenvalue weighted by atomic mass is 19.1. The van der Waals surface area contributed by atoms with E-state index in [1.165, 1.54) is 44.6 Å². The first-order valence-corrected chi connectivity index (χ1v) is 7.40. The lowest BCUT2D eigenvalue weighted by atomic mass is 10.1. The van der Waals surface area contributed by atoms with Crippen LogP contribution in [0.2, 0.25) is 0 Å². The second-order valence-corrected chi connectivity index (χ2v) is 6.05. The van der Waals surface area contributed by atoms with Crippen molar-refractivity contribution in [2.24, 2.45) is 5.92 Å². The zero-order chi connectivity index (χ0) is 13.2. The minimum atomic E-state index is -0.491. The van der Waals surface area contributed by atoms with Gasteiger partial charge in [-0.25, -0.2) is 8.78 Å². The molecule has 2 fully saturated rings. The lowest BCUT2D eigenvalue weighted by molar-refractivity contribution is 0.211. The van der Waals surface area contributed by atoms with E-state index in [0.29, 0.717) is 18.2 Å². The number of hydrogen-bond acceptors (Lipinski definition) is 1. The average Bonchev–Trinajstić information content (AvgIpc) is 3.10. The molecule has 19 heavy (non-hydrogen) atoms. The van der Waals surface area contributed by atoms with Crippen molar-refractivity contribution in [2.45, 2.75) is 51.1 Å². The predicted molar refractivity (Wildman–Crippen MR) is 71.7 cm³/mol. The summed E-state index contributed by atoms with van der Waals surface area (Å²) in [7, 11) is 0. The van der Waals surface area contributed by atoms with Crippen LogP contribution in [0.3, 0.4) is 0 Å². The summed E-state index contributed by atoms with van der Waals surface area (Å²) in [6.07, 6.45) is 7.78. The average molecular weight is 265 g/mol. The van der Waals surface area contributed by atoms with Crippen LogP contribution >= 0.6 is 0 Å². The van der Waals surface area contributed by atoms with Crippen LogP contribution in [-0.4, -0.2) is 17.5 Å². The molecule has 1 nitrogen and oxygen atoms in total. The van der Waals surface area contributed by atoms with Gasteiger partial charge in [-0.1, -0.05) is 18.9 Å². The Kier molecular flexibility index (Phi) is 3.83. The van der Waals surface area contributed by atoms with Gasteiger partial charge in [0, 0.05) is 30.8 Å². The van der Waals surface area contributed by atoms with Gasteiger partial charge < -0.3 is 0 Å². The van der Waals surface area contributed by atoms with Crippen LogP contribution in [0.15, 0.2) is 18.2 Å². The SMILES string of the molecule is Fc1ccc(CN(CC2CCCC2)C2CC2)c(F)c1. The lowest BCUT2D eigenvalue weighted by Crippen LogP contribution is -2.30. The van der Waals surface area contributed by atoms with E-state index in [9.17, 15) is 8.78 Å². The Labute approximate surface area is 113 Å². The molecule has 104 valence electrons. The standard InChI is InChI=1S/C16H21F2N/c17-14-6-5-13(16(18)9-14)11-19(15-7-8-15)10-12-3-1-2-4-12/h5-6,9,12,15H,1-4,7-8,10-11H2. The molecule has 0 atom stereocenters. The van der Waals surface area contributed by atoms with E-state index in [1.54, 1.807) is 6.07 Å². The van der Waals surface area contributed by atoms with Gasteiger partial charge in [0.05, 0.1) is 0 Å². The molecule has 0 radical (unpaired) electrons. The first-order chi connectivity index (χ1) is 9.22. The molecule has 3 rings (SSSR count). The molecule has 0 bridgehead atoms. The number of rotatable bonds is 5. The third-order valence-electron chi connectivity index (χ3n) is 4.42. The highest BCUT2D eigenvalue weighted by molar-refractivity contribution is 5.18. The molecule has 0 heterocycles. The minimum Gasteiger partial charge on any atom is -0.296 e. The maximum atomic E-state index is 13.7. The van der Waals surface area contributed by atoms with Gasteiger partial charge in [-0.2, -0.15) is 0 Å². The summed E-state index contributed by atoms with van der Waals surface area (Å²) < 4.78 is 26.7. The molecule has 0 spiro atoms. The molecule has 0 amide bonds. The first kappa shape index (κ1) is 13.0. The van der Waals surface area contributed by atoms with Gasteiger partial charge in [-0.3, -0.25) is 4.90 Å². The van der Waals surface area contributed by atoms with E-state index in [-0.39, 0.29) is 0 Å². The normalized spacial score (nSPS) is 20.4. The van der Waals surface area contributed by atoms with Gasteiger partial charge in [0.1, 0.15) is 11.6 Å². The van der Waals surface area contributed by atoms with E-state index >= 15 is 0 Å². The zero-order valence-corrected chi connectivity index (χ0v) is 11.2. The van der Waals surface area contributed by atoms with E-state index < -0.39 is 11.6 Å². The van der Waals surface area contributed by atoms with Gasteiger partial charge in [-0.05, 0) is 37.7 Å². The van der Waals surface area contributed by atoms with Crippen LogP contribution in [0.4, 0.5) is 8.78 Å². The van der Waals surface area contributed by atoms with Crippen molar-refractivity contribution < 1.29 is 8.78 Å². The van der Waals surface area contributed by atoms with Gasteiger partial charge in [0.2, 0.25) is 0 Å². The van der Waals surface area contributed by atoms with Crippen LogP contribution in [-0.2, 0) is 6.54 Å². The molecule has 3 heteroatoms. The quantitative estimate of drug-likeness (QED) is 0.774. The smallest absolute Gasteiger partial charge is 0.130 e. The number of benzene rings is 1. The van der Waals surface area contributed by atoms with Crippen molar-refractivity contribution >= 4 is 0 Å². The van der Waals surface area contributed by atoms with Crippen molar-refractivity contribution in [2.75, 3.05) is 6.54 Å². The van der Waals surface area contributed by atoms with E-state index in [1.807, 2.05) is 0 Å². The molecule has 2 aliphatic rings. The van der Waals surface area contributed by atoms with Gasteiger partial charge >= 0.3 is 0 Å². The van der Waals surface area contributed by atoms with Crippen LogP contribution in [0.25, 0.3) is 0 Å². The first-order valence-electron chi connectivity index (χ1n) is 7.40.